The third-order valence-corrected chi connectivity index (χ3v) is 3.58. The van der Waals surface area contributed by atoms with E-state index in [2.05, 4.69) is 11.8 Å². The highest BCUT2D eigenvalue weighted by Crippen LogP contribution is 2.21. The van der Waals surface area contributed by atoms with E-state index < -0.39 is 0 Å². The molecule has 2 rings (SSSR count). The van der Waals surface area contributed by atoms with E-state index in [1.54, 1.807) is 7.05 Å². The molecule has 0 amide bonds. The molecular formula is C14H20N2O3. The van der Waals surface area contributed by atoms with Gasteiger partial charge in [-0.2, -0.15) is 0 Å². The third kappa shape index (κ3) is 2.66. The van der Waals surface area contributed by atoms with Gasteiger partial charge in [0.1, 0.15) is 0 Å². The molecule has 1 heterocycles. The van der Waals surface area contributed by atoms with Crippen LogP contribution in [0.3, 0.4) is 0 Å². The lowest BCUT2D eigenvalue weighted by Gasteiger charge is -2.23. The summed E-state index contributed by atoms with van der Waals surface area (Å²) in [6, 6.07) is 5.70. The summed E-state index contributed by atoms with van der Waals surface area (Å²) in [4.78, 5) is 13.5. The molecule has 1 aromatic heterocycles. The van der Waals surface area contributed by atoms with Crippen LogP contribution in [0, 0.1) is 5.92 Å². The van der Waals surface area contributed by atoms with Crippen LogP contribution in [0.15, 0.2) is 27.4 Å². The first kappa shape index (κ1) is 13.7. The Morgan fingerprint density at radius 3 is 2.84 bits per heavy atom. The Kier molecular flexibility index (Phi) is 3.95. The Morgan fingerprint density at radius 2 is 2.21 bits per heavy atom. The van der Waals surface area contributed by atoms with Crippen LogP contribution in [0.25, 0.3) is 11.1 Å². The molecule has 0 spiro atoms. The maximum atomic E-state index is 11.4. The molecule has 0 radical (unpaired) electrons. The number of aliphatic hydroxyl groups excluding tert-OH is 1. The van der Waals surface area contributed by atoms with Crippen LogP contribution in [0.5, 0.6) is 0 Å². The van der Waals surface area contributed by atoms with Gasteiger partial charge >= 0.3 is 5.76 Å². The number of aliphatic hydroxyl groups is 1. The minimum Gasteiger partial charge on any atom is -0.408 e. The topological polar surface area (TPSA) is 58.6 Å². The van der Waals surface area contributed by atoms with E-state index in [4.69, 9.17) is 4.42 Å². The average molecular weight is 264 g/mol. The number of rotatable bonds is 5. The van der Waals surface area contributed by atoms with E-state index in [0.717, 1.165) is 24.2 Å². The number of nitrogens with zero attached hydrogens (tertiary/aromatic N) is 2. The van der Waals surface area contributed by atoms with Crippen molar-refractivity contribution in [3.63, 3.8) is 0 Å². The molecule has 0 fully saturated rings. The van der Waals surface area contributed by atoms with Gasteiger partial charge in [0.15, 0.2) is 5.58 Å². The lowest BCUT2D eigenvalue weighted by atomic mass is 10.1. The van der Waals surface area contributed by atoms with Gasteiger partial charge in [-0.25, -0.2) is 4.79 Å². The molecule has 0 saturated heterocycles. The SMILES string of the molecule is CCC(CO)CN(C)c1ccc2c(c1)oc(=O)n2C. The van der Waals surface area contributed by atoms with Gasteiger partial charge < -0.3 is 14.4 Å². The van der Waals surface area contributed by atoms with E-state index in [-0.39, 0.29) is 18.3 Å². The van der Waals surface area contributed by atoms with Crippen molar-refractivity contribution >= 4 is 16.8 Å². The fourth-order valence-electron chi connectivity index (χ4n) is 2.17. The van der Waals surface area contributed by atoms with Crippen LogP contribution in [-0.2, 0) is 7.05 Å². The lowest BCUT2D eigenvalue weighted by molar-refractivity contribution is 0.225. The van der Waals surface area contributed by atoms with Crippen LogP contribution >= 0.6 is 0 Å². The van der Waals surface area contributed by atoms with Crippen molar-refractivity contribution in [2.75, 3.05) is 25.1 Å². The van der Waals surface area contributed by atoms with Crippen molar-refractivity contribution in [3.8, 4) is 0 Å². The Hall–Kier alpha value is -1.75. The third-order valence-electron chi connectivity index (χ3n) is 3.58. The minimum absolute atomic E-state index is 0.184. The fourth-order valence-corrected chi connectivity index (χ4v) is 2.17. The van der Waals surface area contributed by atoms with E-state index in [9.17, 15) is 9.90 Å². The Bertz CT molecular complexity index is 611. The molecule has 0 aliphatic carbocycles. The quantitative estimate of drug-likeness (QED) is 0.891. The molecule has 1 atom stereocenters. The zero-order valence-electron chi connectivity index (χ0n) is 11.6. The first-order chi connectivity index (χ1) is 9.06. The normalized spacial score (nSPS) is 12.8. The molecule has 104 valence electrons. The second-order valence-corrected chi connectivity index (χ2v) is 4.92. The minimum atomic E-state index is -0.350. The molecule has 0 bridgehead atoms. The lowest BCUT2D eigenvalue weighted by Crippen LogP contribution is -2.27. The van der Waals surface area contributed by atoms with Crippen molar-refractivity contribution in [1.29, 1.82) is 0 Å². The van der Waals surface area contributed by atoms with Crippen LogP contribution in [0.4, 0.5) is 5.69 Å². The number of fused-ring (bicyclic) bond motifs is 1. The highest BCUT2D eigenvalue weighted by Gasteiger charge is 2.12. The number of hydrogen-bond donors (Lipinski definition) is 1. The summed E-state index contributed by atoms with van der Waals surface area (Å²) in [5.74, 6) is -0.0972. The van der Waals surface area contributed by atoms with Crippen molar-refractivity contribution in [2.24, 2.45) is 13.0 Å². The molecule has 0 aliphatic heterocycles. The smallest absolute Gasteiger partial charge is 0.408 e. The van der Waals surface area contributed by atoms with Crippen LogP contribution in [0.2, 0.25) is 0 Å². The van der Waals surface area contributed by atoms with Gasteiger partial charge in [-0.3, -0.25) is 4.57 Å². The number of anilines is 1. The molecule has 1 N–H and O–H groups in total. The van der Waals surface area contributed by atoms with Crippen molar-refractivity contribution in [3.05, 3.63) is 28.7 Å². The summed E-state index contributed by atoms with van der Waals surface area (Å²) in [5, 5.41) is 9.24. The number of aryl methyl sites for hydroxylation is 1. The maximum Gasteiger partial charge on any atom is 0.419 e. The van der Waals surface area contributed by atoms with E-state index in [0.29, 0.717) is 5.58 Å². The molecule has 1 unspecified atom stereocenters. The van der Waals surface area contributed by atoms with Gasteiger partial charge in [-0.15, -0.1) is 0 Å². The number of hydrogen-bond acceptors (Lipinski definition) is 4. The zero-order chi connectivity index (χ0) is 14.0. The van der Waals surface area contributed by atoms with E-state index in [1.165, 1.54) is 4.57 Å². The number of benzene rings is 1. The predicted octanol–water partition coefficient (Wildman–Crippen LogP) is 1.59. The van der Waals surface area contributed by atoms with Gasteiger partial charge in [-0.1, -0.05) is 6.92 Å². The van der Waals surface area contributed by atoms with Crippen LogP contribution in [0.1, 0.15) is 13.3 Å². The van der Waals surface area contributed by atoms with Crippen molar-refractivity contribution in [2.45, 2.75) is 13.3 Å². The second-order valence-electron chi connectivity index (χ2n) is 4.92. The van der Waals surface area contributed by atoms with E-state index in [1.807, 2.05) is 25.2 Å². The second kappa shape index (κ2) is 5.48. The molecule has 0 saturated carbocycles. The first-order valence-electron chi connectivity index (χ1n) is 6.48. The van der Waals surface area contributed by atoms with Gasteiger partial charge in [0.25, 0.3) is 0 Å². The van der Waals surface area contributed by atoms with Gasteiger partial charge in [0.05, 0.1) is 5.52 Å². The van der Waals surface area contributed by atoms with Crippen LogP contribution < -0.4 is 10.7 Å². The largest absolute Gasteiger partial charge is 0.419 e. The highest BCUT2D eigenvalue weighted by atomic mass is 16.4. The monoisotopic (exact) mass is 264 g/mol. The summed E-state index contributed by atoms with van der Waals surface area (Å²) in [5.41, 5.74) is 2.36. The molecule has 0 aliphatic rings. The van der Waals surface area contributed by atoms with Gasteiger partial charge in [-0.05, 0) is 24.5 Å². The first-order valence-corrected chi connectivity index (χ1v) is 6.48. The average Bonchev–Trinajstić information content (AvgIpc) is 2.70. The zero-order valence-corrected chi connectivity index (χ0v) is 11.6. The van der Waals surface area contributed by atoms with Crippen LogP contribution in [-0.4, -0.2) is 29.9 Å². The molecule has 1 aromatic carbocycles. The molecule has 19 heavy (non-hydrogen) atoms. The summed E-state index contributed by atoms with van der Waals surface area (Å²) in [6.07, 6.45) is 0.934. The van der Waals surface area contributed by atoms with E-state index >= 15 is 0 Å². The van der Waals surface area contributed by atoms with Gasteiger partial charge in [0.2, 0.25) is 0 Å². The molecule has 5 nitrogen and oxygen atoms in total. The Balaban J connectivity index is 2.28. The molecule has 5 heteroatoms. The summed E-state index contributed by atoms with van der Waals surface area (Å²) >= 11 is 0. The van der Waals surface area contributed by atoms with Gasteiger partial charge in [0, 0.05) is 39.0 Å². The summed E-state index contributed by atoms with van der Waals surface area (Å²) in [7, 11) is 3.66. The van der Waals surface area contributed by atoms with Crippen molar-refractivity contribution < 1.29 is 9.52 Å². The Labute approximate surface area is 112 Å². The predicted molar refractivity (Wildman–Crippen MR) is 75.6 cm³/mol. The number of oxazole rings is 1. The molecule has 2 aromatic rings. The fraction of sp³-hybridized carbons (Fsp3) is 0.500. The number of aromatic nitrogens is 1. The summed E-state index contributed by atoms with van der Waals surface area (Å²) in [6.45, 7) is 3.02. The van der Waals surface area contributed by atoms with Crippen molar-refractivity contribution in [1.82, 2.24) is 4.57 Å². The summed E-state index contributed by atoms with van der Waals surface area (Å²) < 4.78 is 6.67. The maximum absolute atomic E-state index is 11.4. The molecular weight excluding hydrogens is 244 g/mol. The highest BCUT2D eigenvalue weighted by molar-refractivity contribution is 5.77. The Morgan fingerprint density at radius 1 is 1.47 bits per heavy atom. The standard InChI is InChI=1S/C14H20N2O3/c1-4-10(9-17)8-15(2)11-5-6-12-13(7-11)19-14(18)16(12)3/h5-7,10,17H,4,8-9H2,1-3H3.